The third kappa shape index (κ3) is 3.88. The number of benzene rings is 1. The average molecular weight is 337 g/mol. The highest BCUT2D eigenvalue weighted by atomic mass is 35.5. The van der Waals surface area contributed by atoms with Gasteiger partial charge in [-0.2, -0.15) is 0 Å². The molecule has 2 heterocycles. The van der Waals surface area contributed by atoms with Gasteiger partial charge in [-0.15, -0.1) is 0 Å². The van der Waals surface area contributed by atoms with Gasteiger partial charge in [0.25, 0.3) is 0 Å². The highest BCUT2D eigenvalue weighted by molar-refractivity contribution is 6.30. The lowest BCUT2D eigenvalue weighted by atomic mass is 10.2. The average Bonchev–Trinajstić information content (AvgIpc) is 2.49. The fourth-order valence-electron chi connectivity index (χ4n) is 2.66. The maximum absolute atomic E-state index is 6.02. The van der Waals surface area contributed by atoms with Crippen molar-refractivity contribution in [2.75, 3.05) is 31.1 Å². The molecule has 6 heteroatoms. The van der Waals surface area contributed by atoms with Crippen LogP contribution >= 0.6 is 23.2 Å². The summed E-state index contributed by atoms with van der Waals surface area (Å²) in [6, 6.07) is 9.89. The fraction of sp³-hybridized carbons (Fsp3) is 0.375. The van der Waals surface area contributed by atoms with E-state index in [2.05, 4.69) is 31.9 Å². The van der Waals surface area contributed by atoms with Gasteiger partial charge in [0.2, 0.25) is 0 Å². The first-order valence-electron chi connectivity index (χ1n) is 7.33. The summed E-state index contributed by atoms with van der Waals surface area (Å²) in [5, 5.41) is 1.29. The van der Waals surface area contributed by atoms with E-state index in [1.807, 2.05) is 25.1 Å². The van der Waals surface area contributed by atoms with Gasteiger partial charge in [-0.05, 0) is 24.6 Å². The summed E-state index contributed by atoms with van der Waals surface area (Å²) >= 11 is 11.9. The molecule has 1 aliphatic rings. The van der Waals surface area contributed by atoms with E-state index in [4.69, 9.17) is 23.2 Å². The van der Waals surface area contributed by atoms with Crippen molar-refractivity contribution in [2.45, 2.75) is 13.5 Å². The Bertz CT molecular complexity index is 617. The van der Waals surface area contributed by atoms with Crippen molar-refractivity contribution in [3.05, 3.63) is 51.9 Å². The second-order valence-corrected chi connectivity index (χ2v) is 6.31. The molecule has 2 aromatic rings. The van der Waals surface area contributed by atoms with Gasteiger partial charge in [-0.25, -0.2) is 9.97 Å². The lowest BCUT2D eigenvalue weighted by Gasteiger charge is -2.35. The molecule has 0 spiro atoms. The van der Waals surface area contributed by atoms with Gasteiger partial charge in [0.15, 0.2) is 0 Å². The molecule has 0 saturated carbocycles. The van der Waals surface area contributed by atoms with Crippen LogP contribution in [0.15, 0.2) is 30.3 Å². The molecule has 1 saturated heterocycles. The molecule has 3 rings (SSSR count). The van der Waals surface area contributed by atoms with Gasteiger partial charge in [0.05, 0.1) is 0 Å². The van der Waals surface area contributed by atoms with Crippen molar-refractivity contribution in [2.24, 2.45) is 0 Å². The topological polar surface area (TPSA) is 32.3 Å². The van der Waals surface area contributed by atoms with Crippen molar-refractivity contribution in [3.63, 3.8) is 0 Å². The third-order valence-corrected chi connectivity index (χ3v) is 4.25. The summed E-state index contributed by atoms with van der Waals surface area (Å²) in [6.07, 6.45) is 0. The molecule has 1 aromatic heterocycles. The SMILES string of the molecule is Cc1nc(Cl)cc(N2CCN(Cc3ccc(Cl)cc3)CC2)n1. The molecule has 0 bridgehead atoms. The van der Waals surface area contributed by atoms with E-state index in [1.54, 1.807) is 0 Å². The Kier molecular flexibility index (Phi) is 4.81. The number of halogens is 2. The first-order chi connectivity index (χ1) is 10.6. The van der Waals surface area contributed by atoms with Crippen molar-refractivity contribution in [1.82, 2.24) is 14.9 Å². The van der Waals surface area contributed by atoms with E-state index in [9.17, 15) is 0 Å². The molecule has 0 aliphatic carbocycles. The standard InChI is InChI=1S/C16H18Cl2N4/c1-12-19-15(18)10-16(20-12)22-8-6-21(7-9-22)11-13-2-4-14(17)5-3-13/h2-5,10H,6-9,11H2,1H3. The molecular formula is C16H18Cl2N4. The summed E-state index contributed by atoms with van der Waals surface area (Å²) in [5.74, 6) is 1.63. The molecule has 4 nitrogen and oxygen atoms in total. The molecule has 0 radical (unpaired) electrons. The molecule has 0 unspecified atom stereocenters. The van der Waals surface area contributed by atoms with Crippen LogP contribution in [0, 0.1) is 6.92 Å². The minimum Gasteiger partial charge on any atom is -0.354 e. The molecule has 1 fully saturated rings. The van der Waals surface area contributed by atoms with Crippen LogP contribution < -0.4 is 4.90 Å². The Morgan fingerprint density at radius 1 is 1.00 bits per heavy atom. The number of aryl methyl sites for hydroxylation is 1. The van der Waals surface area contributed by atoms with E-state index in [-0.39, 0.29) is 0 Å². The Hall–Kier alpha value is -1.36. The zero-order chi connectivity index (χ0) is 15.5. The van der Waals surface area contributed by atoms with Crippen LogP contribution in [-0.2, 0) is 6.54 Å². The first-order valence-corrected chi connectivity index (χ1v) is 8.09. The van der Waals surface area contributed by atoms with E-state index >= 15 is 0 Å². The largest absolute Gasteiger partial charge is 0.354 e. The van der Waals surface area contributed by atoms with E-state index in [1.165, 1.54) is 5.56 Å². The molecule has 0 atom stereocenters. The molecule has 0 amide bonds. The zero-order valence-electron chi connectivity index (χ0n) is 12.5. The number of hydrogen-bond acceptors (Lipinski definition) is 4. The number of anilines is 1. The summed E-state index contributed by atoms with van der Waals surface area (Å²) in [6.45, 7) is 6.72. The predicted molar refractivity (Wildman–Crippen MR) is 90.7 cm³/mol. The minimum atomic E-state index is 0.506. The van der Waals surface area contributed by atoms with Crippen LogP contribution in [0.3, 0.4) is 0 Å². The van der Waals surface area contributed by atoms with Gasteiger partial charge < -0.3 is 4.90 Å². The van der Waals surface area contributed by atoms with Crippen LogP contribution in [0.5, 0.6) is 0 Å². The van der Waals surface area contributed by atoms with Crippen LogP contribution in [0.25, 0.3) is 0 Å². The molecule has 1 aliphatic heterocycles. The first kappa shape index (κ1) is 15.5. The normalized spacial score (nSPS) is 16.0. The number of hydrogen-bond donors (Lipinski definition) is 0. The van der Waals surface area contributed by atoms with Crippen LogP contribution in [0.1, 0.15) is 11.4 Å². The van der Waals surface area contributed by atoms with E-state index in [0.717, 1.165) is 43.6 Å². The maximum atomic E-state index is 6.02. The lowest BCUT2D eigenvalue weighted by Crippen LogP contribution is -2.46. The van der Waals surface area contributed by atoms with Gasteiger partial charge in [-0.1, -0.05) is 35.3 Å². The Labute approximate surface area is 140 Å². The summed E-state index contributed by atoms with van der Waals surface area (Å²) < 4.78 is 0. The molecule has 0 N–H and O–H groups in total. The second-order valence-electron chi connectivity index (χ2n) is 5.49. The summed E-state index contributed by atoms with van der Waals surface area (Å²) in [5.41, 5.74) is 1.29. The van der Waals surface area contributed by atoms with Crippen molar-refractivity contribution < 1.29 is 0 Å². The van der Waals surface area contributed by atoms with Crippen molar-refractivity contribution in [1.29, 1.82) is 0 Å². The van der Waals surface area contributed by atoms with E-state index < -0.39 is 0 Å². The van der Waals surface area contributed by atoms with Gasteiger partial charge in [0, 0.05) is 43.8 Å². The maximum Gasteiger partial charge on any atom is 0.134 e. The molecule has 22 heavy (non-hydrogen) atoms. The molecule has 1 aromatic carbocycles. The smallest absolute Gasteiger partial charge is 0.134 e. The highest BCUT2D eigenvalue weighted by Gasteiger charge is 2.18. The molecule has 116 valence electrons. The van der Waals surface area contributed by atoms with Gasteiger partial charge in [0.1, 0.15) is 16.8 Å². The Morgan fingerprint density at radius 3 is 2.32 bits per heavy atom. The van der Waals surface area contributed by atoms with Crippen LogP contribution in [0.2, 0.25) is 10.2 Å². The number of piperazine rings is 1. The number of aromatic nitrogens is 2. The highest BCUT2D eigenvalue weighted by Crippen LogP contribution is 2.19. The summed E-state index contributed by atoms with van der Waals surface area (Å²) in [4.78, 5) is 13.3. The predicted octanol–water partition coefficient (Wildman–Crippen LogP) is 3.41. The summed E-state index contributed by atoms with van der Waals surface area (Å²) in [7, 11) is 0. The second kappa shape index (κ2) is 6.82. The van der Waals surface area contributed by atoms with Crippen molar-refractivity contribution >= 4 is 29.0 Å². The van der Waals surface area contributed by atoms with Crippen molar-refractivity contribution in [3.8, 4) is 0 Å². The Balaban J connectivity index is 1.59. The zero-order valence-corrected chi connectivity index (χ0v) is 14.0. The van der Waals surface area contributed by atoms with Gasteiger partial charge >= 0.3 is 0 Å². The van der Waals surface area contributed by atoms with Gasteiger partial charge in [-0.3, -0.25) is 4.90 Å². The van der Waals surface area contributed by atoms with Crippen LogP contribution in [-0.4, -0.2) is 41.0 Å². The molecular weight excluding hydrogens is 319 g/mol. The number of nitrogens with zero attached hydrogens (tertiary/aromatic N) is 4. The van der Waals surface area contributed by atoms with E-state index in [0.29, 0.717) is 11.0 Å². The quantitative estimate of drug-likeness (QED) is 0.804. The minimum absolute atomic E-state index is 0.506. The number of rotatable bonds is 3. The van der Waals surface area contributed by atoms with Crippen LogP contribution in [0.4, 0.5) is 5.82 Å². The monoisotopic (exact) mass is 336 g/mol. The lowest BCUT2D eigenvalue weighted by molar-refractivity contribution is 0.249. The third-order valence-electron chi connectivity index (χ3n) is 3.81. The fourth-order valence-corrected chi connectivity index (χ4v) is 3.01. The Morgan fingerprint density at radius 2 is 1.68 bits per heavy atom.